The van der Waals surface area contributed by atoms with Gasteiger partial charge in [-0.05, 0) is 25.2 Å². The van der Waals surface area contributed by atoms with Gasteiger partial charge in [-0.2, -0.15) is 0 Å². The molecule has 0 amide bonds. The van der Waals surface area contributed by atoms with E-state index in [-0.39, 0.29) is 6.16 Å². The van der Waals surface area contributed by atoms with Gasteiger partial charge in [0.05, 0.1) is 6.61 Å². The average Bonchev–Trinajstić information content (AvgIpc) is 2.17. The second-order valence-corrected chi connectivity index (χ2v) is 5.57. The summed E-state index contributed by atoms with van der Waals surface area (Å²) in [5, 5.41) is 0. The van der Waals surface area contributed by atoms with Crippen LogP contribution in [0, 0.1) is 5.92 Å². The van der Waals surface area contributed by atoms with Gasteiger partial charge in [-0.25, -0.2) is 0 Å². The molecular weight excluding hydrogens is 187 g/mol. The summed E-state index contributed by atoms with van der Waals surface area (Å²) < 4.78 is 16.1. The third-order valence-electron chi connectivity index (χ3n) is 2.29. The van der Waals surface area contributed by atoms with E-state index in [0.717, 1.165) is 19.3 Å². The normalized spacial score (nSPS) is 27.1. The molecule has 1 aliphatic carbocycles. The third kappa shape index (κ3) is 4.08. The first-order valence-electron chi connectivity index (χ1n) is 4.75. The lowest BCUT2D eigenvalue weighted by atomic mass is 9.96. The summed E-state index contributed by atoms with van der Waals surface area (Å²) in [6.45, 7) is 2.09. The Kier molecular flexibility index (Phi) is 4.17. The molecule has 2 unspecified atom stereocenters. The minimum atomic E-state index is -3.26. The van der Waals surface area contributed by atoms with Crippen LogP contribution in [0.4, 0.5) is 0 Å². The number of hydrogen-bond acceptors (Lipinski definition) is 2. The second-order valence-electron chi connectivity index (χ2n) is 3.40. The van der Waals surface area contributed by atoms with Gasteiger partial charge in [-0.3, -0.25) is 4.57 Å². The van der Waals surface area contributed by atoms with Crippen molar-refractivity contribution in [2.45, 2.75) is 26.2 Å². The molecule has 2 atom stereocenters. The van der Waals surface area contributed by atoms with E-state index in [4.69, 9.17) is 9.42 Å². The Bertz CT molecular complexity index is 225. The lowest BCUT2D eigenvalue weighted by Crippen LogP contribution is -2.10. The van der Waals surface area contributed by atoms with E-state index in [1.807, 2.05) is 0 Å². The molecule has 13 heavy (non-hydrogen) atoms. The first-order chi connectivity index (χ1) is 6.14. The Morgan fingerprint density at radius 1 is 1.62 bits per heavy atom. The molecule has 1 rings (SSSR count). The first kappa shape index (κ1) is 11.0. The minimum absolute atomic E-state index is 0.204. The van der Waals surface area contributed by atoms with E-state index in [9.17, 15) is 4.57 Å². The van der Waals surface area contributed by atoms with Gasteiger partial charge < -0.3 is 9.42 Å². The maximum Gasteiger partial charge on any atom is 0.327 e. The quantitative estimate of drug-likeness (QED) is 0.565. The van der Waals surface area contributed by atoms with Gasteiger partial charge in [0, 0.05) is 6.16 Å². The van der Waals surface area contributed by atoms with E-state index in [1.54, 1.807) is 6.92 Å². The predicted molar refractivity (Wildman–Crippen MR) is 52.8 cm³/mol. The van der Waals surface area contributed by atoms with Crippen molar-refractivity contribution in [1.82, 2.24) is 0 Å². The Labute approximate surface area is 79.3 Å². The SMILES string of the molecule is CCP(=O)(O)OCC1CC=CCC1. The van der Waals surface area contributed by atoms with Crippen LogP contribution in [0.5, 0.6) is 0 Å². The van der Waals surface area contributed by atoms with Crippen LogP contribution in [0.2, 0.25) is 0 Å². The van der Waals surface area contributed by atoms with Crippen molar-refractivity contribution in [3.05, 3.63) is 12.2 Å². The van der Waals surface area contributed by atoms with E-state index < -0.39 is 7.60 Å². The molecule has 0 saturated heterocycles. The summed E-state index contributed by atoms with van der Waals surface area (Å²) in [5.74, 6) is 0.428. The molecule has 76 valence electrons. The fraction of sp³-hybridized carbons (Fsp3) is 0.778. The number of hydrogen-bond donors (Lipinski definition) is 1. The van der Waals surface area contributed by atoms with Crippen LogP contribution in [0.25, 0.3) is 0 Å². The van der Waals surface area contributed by atoms with Crippen LogP contribution in [0.1, 0.15) is 26.2 Å². The molecular formula is C9H17O3P. The van der Waals surface area contributed by atoms with Gasteiger partial charge in [-0.1, -0.05) is 19.1 Å². The van der Waals surface area contributed by atoms with Crippen LogP contribution < -0.4 is 0 Å². The lowest BCUT2D eigenvalue weighted by Gasteiger charge is -2.19. The second kappa shape index (κ2) is 4.94. The standard InChI is InChI=1S/C9H17O3P/c1-2-13(10,11)12-8-9-6-4-3-5-7-9/h3-4,9H,2,5-8H2,1H3,(H,10,11). The molecule has 0 fully saturated rings. The van der Waals surface area contributed by atoms with Gasteiger partial charge in [-0.15, -0.1) is 0 Å². The maximum absolute atomic E-state index is 11.1. The summed E-state index contributed by atoms with van der Waals surface area (Å²) in [4.78, 5) is 9.17. The van der Waals surface area contributed by atoms with Gasteiger partial charge >= 0.3 is 7.60 Å². The minimum Gasteiger partial charge on any atom is -0.324 e. The molecule has 1 N–H and O–H groups in total. The first-order valence-corrected chi connectivity index (χ1v) is 6.51. The third-order valence-corrected chi connectivity index (χ3v) is 3.64. The summed E-state index contributed by atoms with van der Waals surface area (Å²) in [6, 6.07) is 0. The number of allylic oxidation sites excluding steroid dienone is 2. The van der Waals surface area contributed by atoms with Gasteiger partial charge in [0.25, 0.3) is 0 Å². The van der Waals surface area contributed by atoms with Gasteiger partial charge in [0.15, 0.2) is 0 Å². The Morgan fingerprint density at radius 2 is 2.38 bits per heavy atom. The zero-order valence-electron chi connectivity index (χ0n) is 7.98. The predicted octanol–water partition coefficient (Wildman–Crippen LogP) is 2.56. The van der Waals surface area contributed by atoms with E-state index in [1.165, 1.54) is 0 Å². The molecule has 0 aromatic rings. The highest BCUT2D eigenvalue weighted by atomic mass is 31.2. The largest absolute Gasteiger partial charge is 0.327 e. The maximum atomic E-state index is 11.1. The highest BCUT2D eigenvalue weighted by molar-refractivity contribution is 7.52. The monoisotopic (exact) mass is 204 g/mol. The molecule has 0 aliphatic heterocycles. The number of rotatable bonds is 4. The summed E-state index contributed by atoms with van der Waals surface area (Å²) >= 11 is 0. The van der Waals surface area contributed by atoms with Crippen LogP contribution in [-0.2, 0) is 9.09 Å². The summed E-state index contributed by atoms with van der Waals surface area (Å²) in [7, 11) is -3.26. The smallest absolute Gasteiger partial charge is 0.324 e. The fourth-order valence-electron chi connectivity index (χ4n) is 1.32. The van der Waals surface area contributed by atoms with Crippen molar-refractivity contribution in [1.29, 1.82) is 0 Å². The summed E-state index contributed by atoms with van der Waals surface area (Å²) in [6.07, 6.45) is 7.58. The van der Waals surface area contributed by atoms with Crippen LogP contribution in [0.15, 0.2) is 12.2 Å². The highest BCUT2D eigenvalue weighted by Gasteiger charge is 2.19. The van der Waals surface area contributed by atoms with Crippen LogP contribution in [-0.4, -0.2) is 17.7 Å². The molecule has 0 saturated carbocycles. The molecule has 0 heterocycles. The van der Waals surface area contributed by atoms with Crippen molar-refractivity contribution in [3.8, 4) is 0 Å². The summed E-state index contributed by atoms with van der Waals surface area (Å²) in [5.41, 5.74) is 0. The Hall–Kier alpha value is -0.110. The average molecular weight is 204 g/mol. The van der Waals surface area contributed by atoms with Gasteiger partial charge in [0.1, 0.15) is 0 Å². The zero-order valence-corrected chi connectivity index (χ0v) is 8.87. The molecule has 4 heteroatoms. The van der Waals surface area contributed by atoms with Crippen molar-refractivity contribution >= 4 is 7.60 Å². The lowest BCUT2D eigenvalue weighted by molar-refractivity contribution is 0.208. The molecule has 0 aromatic heterocycles. The molecule has 1 aliphatic rings. The van der Waals surface area contributed by atoms with Crippen LogP contribution in [0.3, 0.4) is 0 Å². The van der Waals surface area contributed by atoms with E-state index in [0.29, 0.717) is 12.5 Å². The molecule has 0 bridgehead atoms. The molecule has 3 nitrogen and oxygen atoms in total. The van der Waals surface area contributed by atoms with Crippen molar-refractivity contribution in [3.63, 3.8) is 0 Å². The molecule has 0 radical (unpaired) electrons. The Balaban J connectivity index is 2.26. The van der Waals surface area contributed by atoms with Gasteiger partial charge in [0.2, 0.25) is 0 Å². The van der Waals surface area contributed by atoms with Crippen LogP contribution >= 0.6 is 7.60 Å². The van der Waals surface area contributed by atoms with E-state index >= 15 is 0 Å². The highest BCUT2D eigenvalue weighted by Crippen LogP contribution is 2.42. The Morgan fingerprint density at radius 3 is 2.92 bits per heavy atom. The molecule has 0 spiro atoms. The topological polar surface area (TPSA) is 46.5 Å². The fourth-order valence-corrected chi connectivity index (χ4v) is 1.95. The van der Waals surface area contributed by atoms with Crippen molar-refractivity contribution in [2.75, 3.05) is 12.8 Å². The zero-order chi connectivity index (χ0) is 9.73. The van der Waals surface area contributed by atoms with Crippen molar-refractivity contribution in [2.24, 2.45) is 5.92 Å². The molecule has 0 aromatic carbocycles. The van der Waals surface area contributed by atoms with E-state index in [2.05, 4.69) is 12.2 Å². The van der Waals surface area contributed by atoms with Crippen molar-refractivity contribution < 1.29 is 14.0 Å².